The van der Waals surface area contributed by atoms with E-state index in [0.29, 0.717) is 13.0 Å². The number of amides is 1. The Bertz CT molecular complexity index is 411. The van der Waals surface area contributed by atoms with Gasteiger partial charge >= 0.3 is 0 Å². The monoisotopic (exact) mass is 276 g/mol. The number of ether oxygens (including phenoxy) is 1. The van der Waals surface area contributed by atoms with Crippen molar-refractivity contribution in [1.29, 1.82) is 0 Å². The highest BCUT2D eigenvalue weighted by molar-refractivity contribution is 5.76. The minimum Gasteiger partial charge on any atom is -0.494 e. The van der Waals surface area contributed by atoms with Crippen molar-refractivity contribution < 1.29 is 9.53 Å². The molecule has 1 aliphatic rings. The first-order valence-electron chi connectivity index (χ1n) is 7.50. The van der Waals surface area contributed by atoms with Crippen LogP contribution in [0.3, 0.4) is 0 Å². The average Bonchev–Trinajstić information content (AvgIpc) is 3.00. The molecule has 1 N–H and O–H groups in total. The van der Waals surface area contributed by atoms with Crippen LogP contribution in [0.2, 0.25) is 0 Å². The fraction of sp³-hybridized carbons (Fsp3) is 0.562. The third-order valence-electron chi connectivity index (χ3n) is 3.54. The zero-order valence-corrected chi connectivity index (χ0v) is 12.2. The lowest BCUT2D eigenvalue weighted by Gasteiger charge is -2.15. The lowest BCUT2D eigenvalue weighted by atomic mass is 10.2. The first kappa shape index (κ1) is 14.9. The quantitative estimate of drug-likeness (QED) is 0.776. The first-order valence-corrected chi connectivity index (χ1v) is 7.50. The van der Waals surface area contributed by atoms with Gasteiger partial charge in [0.05, 0.1) is 6.61 Å². The summed E-state index contributed by atoms with van der Waals surface area (Å²) in [6.07, 6.45) is 2.91. The van der Waals surface area contributed by atoms with E-state index in [0.717, 1.165) is 44.8 Å². The smallest absolute Gasteiger partial charge is 0.223 e. The van der Waals surface area contributed by atoms with Crippen molar-refractivity contribution in [3.05, 3.63) is 29.8 Å². The molecular formula is C16H24N2O2. The van der Waals surface area contributed by atoms with Crippen LogP contribution in [0.4, 0.5) is 0 Å². The standard InChI is InChI=1S/C16H24N2O2/c1-2-20-15-7-5-14(6-8-15)13-17-10-9-16(19)18-11-3-4-12-18/h5-8,17H,2-4,9-13H2,1H3. The van der Waals surface area contributed by atoms with E-state index >= 15 is 0 Å². The number of hydrogen-bond donors (Lipinski definition) is 1. The number of nitrogens with one attached hydrogen (secondary N) is 1. The highest BCUT2D eigenvalue weighted by Crippen LogP contribution is 2.12. The zero-order valence-electron chi connectivity index (χ0n) is 12.2. The van der Waals surface area contributed by atoms with Crippen LogP contribution in [-0.2, 0) is 11.3 Å². The van der Waals surface area contributed by atoms with E-state index in [4.69, 9.17) is 4.74 Å². The minimum atomic E-state index is 0.279. The van der Waals surface area contributed by atoms with E-state index in [1.165, 1.54) is 5.56 Å². The van der Waals surface area contributed by atoms with E-state index in [1.54, 1.807) is 0 Å². The van der Waals surface area contributed by atoms with Gasteiger partial charge in [0.1, 0.15) is 5.75 Å². The Balaban J connectivity index is 1.63. The second kappa shape index (κ2) is 7.90. The third kappa shape index (κ3) is 4.53. The van der Waals surface area contributed by atoms with Gasteiger partial charge in [0.2, 0.25) is 5.91 Å². The Morgan fingerprint density at radius 3 is 2.60 bits per heavy atom. The number of hydrogen-bond acceptors (Lipinski definition) is 3. The average molecular weight is 276 g/mol. The second-order valence-electron chi connectivity index (χ2n) is 5.09. The number of carbonyl (C=O) groups is 1. The molecule has 20 heavy (non-hydrogen) atoms. The molecule has 0 aromatic heterocycles. The Labute approximate surface area is 121 Å². The van der Waals surface area contributed by atoms with Crippen LogP contribution in [-0.4, -0.2) is 37.0 Å². The summed E-state index contributed by atoms with van der Waals surface area (Å²) in [7, 11) is 0. The van der Waals surface area contributed by atoms with Crippen molar-refractivity contribution >= 4 is 5.91 Å². The maximum absolute atomic E-state index is 11.8. The molecule has 1 amide bonds. The van der Waals surface area contributed by atoms with Crippen LogP contribution < -0.4 is 10.1 Å². The maximum Gasteiger partial charge on any atom is 0.223 e. The summed E-state index contributed by atoms with van der Waals surface area (Å²) in [5, 5.41) is 3.32. The molecule has 2 rings (SSSR count). The molecule has 0 atom stereocenters. The maximum atomic E-state index is 11.8. The number of nitrogens with zero attached hydrogens (tertiary/aromatic N) is 1. The fourth-order valence-corrected chi connectivity index (χ4v) is 2.42. The second-order valence-corrected chi connectivity index (χ2v) is 5.09. The van der Waals surface area contributed by atoms with Gasteiger partial charge in [-0.2, -0.15) is 0 Å². The summed E-state index contributed by atoms with van der Waals surface area (Å²) in [4.78, 5) is 13.8. The molecular weight excluding hydrogens is 252 g/mol. The zero-order chi connectivity index (χ0) is 14.2. The lowest BCUT2D eigenvalue weighted by Crippen LogP contribution is -2.30. The SMILES string of the molecule is CCOc1ccc(CNCCC(=O)N2CCCC2)cc1. The van der Waals surface area contributed by atoms with Crippen LogP contribution in [0.15, 0.2) is 24.3 Å². The normalized spacial score (nSPS) is 14.6. The Morgan fingerprint density at radius 2 is 1.95 bits per heavy atom. The van der Waals surface area contributed by atoms with E-state index in [2.05, 4.69) is 17.4 Å². The van der Waals surface area contributed by atoms with Crippen molar-refractivity contribution in [2.45, 2.75) is 32.7 Å². The Morgan fingerprint density at radius 1 is 1.25 bits per heavy atom. The van der Waals surface area contributed by atoms with Crippen molar-refractivity contribution in [3.63, 3.8) is 0 Å². The predicted molar refractivity (Wildman–Crippen MR) is 79.7 cm³/mol. The van der Waals surface area contributed by atoms with Gasteiger partial charge in [-0.05, 0) is 37.5 Å². The van der Waals surface area contributed by atoms with Crippen LogP contribution in [0.25, 0.3) is 0 Å². The summed E-state index contributed by atoms with van der Waals surface area (Å²) in [5.74, 6) is 1.18. The van der Waals surface area contributed by atoms with Gasteiger partial charge in [0.25, 0.3) is 0 Å². The Hall–Kier alpha value is -1.55. The van der Waals surface area contributed by atoms with Crippen LogP contribution in [0.1, 0.15) is 31.7 Å². The van der Waals surface area contributed by atoms with Crippen LogP contribution >= 0.6 is 0 Å². The molecule has 1 heterocycles. The summed E-state index contributed by atoms with van der Waals surface area (Å²) >= 11 is 0. The van der Waals surface area contributed by atoms with E-state index in [9.17, 15) is 4.79 Å². The molecule has 0 bridgehead atoms. The summed E-state index contributed by atoms with van der Waals surface area (Å²) < 4.78 is 5.40. The molecule has 0 radical (unpaired) electrons. The van der Waals surface area contributed by atoms with Crippen molar-refractivity contribution in [3.8, 4) is 5.75 Å². The molecule has 1 aromatic carbocycles. The lowest BCUT2D eigenvalue weighted by molar-refractivity contribution is -0.130. The third-order valence-corrected chi connectivity index (χ3v) is 3.54. The molecule has 1 fully saturated rings. The van der Waals surface area contributed by atoms with Gasteiger partial charge < -0.3 is 15.0 Å². The van der Waals surface area contributed by atoms with E-state index in [1.807, 2.05) is 24.0 Å². The van der Waals surface area contributed by atoms with Gasteiger partial charge in [0.15, 0.2) is 0 Å². The minimum absolute atomic E-state index is 0.279. The van der Waals surface area contributed by atoms with Crippen molar-refractivity contribution in [2.24, 2.45) is 0 Å². The molecule has 0 spiro atoms. The van der Waals surface area contributed by atoms with Crippen molar-refractivity contribution in [1.82, 2.24) is 10.2 Å². The van der Waals surface area contributed by atoms with Crippen molar-refractivity contribution in [2.75, 3.05) is 26.2 Å². The molecule has 1 aliphatic heterocycles. The number of likely N-dealkylation sites (tertiary alicyclic amines) is 1. The number of carbonyl (C=O) groups excluding carboxylic acids is 1. The molecule has 0 saturated carbocycles. The van der Waals surface area contributed by atoms with Gasteiger partial charge in [0, 0.05) is 32.6 Å². The molecule has 4 heteroatoms. The number of rotatable bonds is 7. The highest BCUT2D eigenvalue weighted by atomic mass is 16.5. The molecule has 1 saturated heterocycles. The highest BCUT2D eigenvalue weighted by Gasteiger charge is 2.16. The molecule has 0 aliphatic carbocycles. The van der Waals surface area contributed by atoms with E-state index < -0.39 is 0 Å². The summed E-state index contributed by atoms with van der Waals surface area (Å²) in [6, 6.07) is 8.08. The molecule has 0 unspecified atom stereocenters. The predicted octanol–water partition coefficient (Wildman–Crippen LogP) is 2.19. The van der Waals surface area contributed by atoms with Crippen LogP contribution in [0, 0.1) is 0 Å². The summed E-state index contributed by atoms with van der Waals surface area (Å²) in [5.41, 5.74) is 1.21. The molecule has 4 nitrogen and oxygen atoms in total. The van der Waals surface area contributed by atoms with Gasteiger partial charge in [-0.3, -0.25) is 4.79 Å². The summed E-state index contributed by atoms with van der Waals surface area (Å²) in [6.45, 7) is 6.08. The topological polar surface area (TPSA) is 41.6 Å². The van der Waals surface area contributed by atoms with Gasteiger partial charge in [-0.1, -0.05) is 12.1 Å². The largest absolute Gasteiger partial charge is 0.494 e. The fourth-order valence-electron chi connectivity index (χ4n) is 2.42. The van der Waals surface area contributed by atoms with E-state index in [-0.39, 0.29) is 5.91 Å². The van der Waals surface area contributed by atoms with Crippen LogP contribution in [0.5, 0.6) is 5.75 Å². The Kier molecular flexibility index (Phi) is 5.87. The molecule has 1 aromatic rings. The first-order chi connectivity index (χ1) is 9.79. The number of benzene rings is 1. The van der Waals surface area contributed by atoms with Gasteiger partial charge in [-0.15, -0.1) is 0 Å². The molecule has 110 valence electrons. The van der Waals surface area contributed by atoms with Gasteiger partial charge in [-0.25, -0.2) is 0 Å².